The number of benzene rings is 1. The van der Waals surface area contributed by atoms with Gasteiger partial charge >= 0.3 is 0 Å². The molecule has 0 aliphatic carbocycles. The van der Waals surface area contributed by atoms with Gasteiger partial charge in [-0.25, -0.2) is 0 Å². The predicted octanol–water partition coefficient (Wildman–Crippen LogP) is 3.25. The Morgan fingerprint density at radius 2 is 1.75 bits per heavy atom. The summed E-state index contributed by atoms with van der Waals surface area (Å²) in [4.78, 5) is 23.9. The number of carbonyl (C=O) groups excluding carboxylic acids is 2. The van der Waals surface area contributed by atoms with Crippen molar-refractivity contribution in [2.45, 2.75) is 40.0 Å². The first-order valence-electron chi connectivity index (χ1n) is 8.87. The highest BCUT2D eigenvalue weighted by molar-refractivity contribution is 5.93. The van der Waals surface area contributed by atoms with Gasteiger partial charge in [0.15, 0.2) is 0 Å². The van der Waals surface area contributed by atoms with Gasteiger partial charge in [0.2, 0.25) is 11.8 Å². The second kappa shape index (κ2) is 8.83. The molecular formula is C19H29N3O2. The van der Waals surface area contributed by atoms with Crippen LogP contribution in [0.25, 0.3) is 0 Å². The fourth-order valence-electron chi connectivity index (χ4n) is 2.96. The first kappa shape index (κ1) is 18.5. The van der Waals surface area contributed by atoms with Gasteiger partial charge in [0, 0.05) is 23.7 Å². The van der Waals surface area contributed by atoms with E-state index in [2.05, 4.69) is 22.9 Å². The van der Waals surface area contributed by atoms with Crippen LogP contribution in [0.1, 0.15) is 40.0 Å². The van der Waals surface area contributed by atoms with E-state index >= 15 is 0 Å². The molecule has 24 heavy (non-hydrogen) atoms. The van der Waals surface area contributed by atoms with Crippen LogP contribution in [0.3, 0.4) is 0 Å². The van der Waals surface area contributed by atoms with Crippen LogP contribution in [0.15, 0.2) is 24.3 Å². The number of nitrogens with one attached hydrogen (secondary N) is 3. The highest BCUT2D eigenvalue weighted by Crippen LogP contribution is 2.23. The summed E-state index contributed by atoms with van der Waals surface area (Å²) < 4.78 is 0. The summed E-state index contributed by atoms with van der Waals surface area (Å²) in [6, 6.07) is 7.26. The largest absolute Gasteiger partial charge is 0.326 e. The van der Waals surface area contributed by atoms with Crippen LogP contribution < -0.4 is 16.0 Å². The van der Waals surface area contributed by atoms with Crippen molar-refractivity contribution in [3.63, 3.8) is 0 Å². The Morgan fingerprint density at radius 3 is 2.29 bits per heavy atom. The Balaban J connectivity index is 1.82. The molecule has 1 aromatic carbocycles. The zero-order valence-electron chi connectivity index (χ0n) is 14.9. The van der Waals surface area contributed by atoms with E-state index in [1.54, 1.807) is 0 Å². The molecule has 2 atom stereocenters. The summed E-state index contributed by atoms with van der Waals surface area (Å²) >= 11 is 0. The average Bonchev–Trinajstić information content (AvgIpc) is 2.57. The van der Waals surface area contributed by atoms with Crippen molar-refractivity contribution in [1.29, 1.82) is 0 Å². The number of anilines is 2. The van der Waals surface area contributed by atoms with Gasteiger partial charge in [0.25, 0.3) is 0 Å². The van der Waals surface area contributed by atoms with Crippen molar-refractivity contribution in [1.82, 2.24) is 5.32 Å². The quantitative estimate of drug-likeness (QED) is 0.749. The highest BCUT2D eigenvalue weighted by Gasteiger charge is 2.22. The third-order valence-electron chi connectivity index (χ3n) is 4.61. The summed E-state index contributed by atoms with van der Waals surface area (Å²) in [5, 5.41) is 9.18. The molecule has 3 N–H and O–H groups in total. The summed E-state index contributed by atoms with van der Waals surface area (Å²) in [5.74, 6) is 0.939. The fraction of sp³-hybridized carbons (Fsp3) is 0.579. The Labute approximate surface area is 144 Å². The fourth-order valence-corrected chi connectivity index (χ4v) is 2.96. The minimum atomic E-state index is -0.0554. The molecule has 1 aliphatic rings. The third kappa shape index (κ3) is 5.64. The third-order valence-corrected chi connectivity index (χ3v) is 4.61. The molecule has 0 aromatic heterocycles. The van der Waals surface area contributed by atoms with E-state index < -0.39 is 0 Å². The second-order valence-corrected chi connectivity index (χ2v) is 7.06. The molecule has 2 rings (SSSR count). The maximum absolute atomic E-state index is 12.2. The molecule has 1 heterocycles. The summed E-state index contributed by atoms with van der Waals surface area (Å²) in [7, 11) is 0. The van der Waals surface area contributed by atoms with Crippen LogP contribution in [-0.2, 0) is 9.59 Å². The van der Waals surface area contributed by atoms with Gasteiger partial charge in [-0.1, -0.05) is 20.8 Å². The molecule has 0 saturated carbocycles. The zero-order chi connectivity index (χ0) is 17.5. The maximum atomic E-state index is 12.2. The molecule has 1 aliphatic heterocycles. The number of rotatable bonds is 6. The lowest BCUT2D eigenvalue weighted by atomic mass is 9.85. The number of piperidine rings is 1. The minimum absolute atomic E-state index is 0.0123. The number of amides is 2. The van der Waals surface area contributed by atoms with Crippen molar-refractivity contribution in [3.05, 3.63) is 24.3 Å². The lowest BCUT2D eigenvalue weighted by Crippen LogP contribution is -2.34. The Bertz CT molecular complexity index is 548. The van der Waals surface area contributed by atoms with E-state index in [0.717, 1.165) is 24.5 Å². The number of carbonyl (C=O) groups is 2. The molecule has 2 unspecified atom stereocenters. The van der Waals surface area contributed by atoms with Gasteiger partial charge in [-0.15, -0.1) is 0 Å². The molecule has 5 nitrogen and oxygen atoms in total. The molecule has 0 spiro atoms. The first-order chi connectivity index (χ1) is 11.5. The monoisotopic (exact) mass is 331 g/mol. The number of hydrogen-bond donors (Lipinski definition) is 3. The van der Waals surface area contributed by atoms with Crippen molar-refractivity contribution < 1.29 is 9.59 Å². The van der Waals surface area contributed by atoms with Gasteiger partial charge in [-0.2, -0.15) is 0 Å². The topological polar surface area (TPSA) is 70.2 Å². The lowest BCUT2D eigenvalue weighted by Gasteiger charge is -2.28. The van der Waals surface area contributed by atoms with Crippen LogP contribution in [0.2, 0.25) is 0 Å². The Kier molecular flexibility index (Phi) is 6.79. The standard InChI is InChI=1S/C19H29N3O2/c1-13(2)19(24)22-17-8-6-16(7-9-17)21-18(23)11-14(3)15-5-4-10-20-12-15/h6-9,13-15,20H,4-5,10-12H2,1-3H3,(H,21,23)(H,22,24). The molecule has 132 valence electrons. The van der Waals surface area contributed by atoms with Gasteiger partial charge in [-0.05, 0) is 62.0 Å². The predicted molar refractivity (Wildman–Crippen MR) is 97.9 cm³/mol. The van der Waals surface area contributed by atoms with E-state index in [4.69, 9.17) is 0 Å². The van der Waals surface area contributed by atoms with Gasteiger partial charge in [0.1, 0.15) is 0 Å². The van der Waals surface area contributed by atoms with E-state index in [9.17, 15) is 9.59 Å². The van der Waals surface area contributed by atoms with Crippen LogP contribution in [0.4, 0.5) is 11.4 Å². The molecular weight excluding hydrogens is 302 g/mol. The van der Waals surface area contributed by atoms with E-state index in [1.165, 1.54) is 12.8 Å². The smallest absolute Gasteiger partial charge is 0.226 e. The Hall–Kier alpha value is -1.88. The molecule has 5 heteroatoms. The summed E-state index contributed by atoms with van der Waals surface area (Å²) in [5.41, 5.74) is 1.50. The summed E-state index contributed by atoms with van der Waals surface area (Å²) in [6.45, 7) is 7.97. The van der Waals surface area contributed by atoms with Gasteiger partial charge in [0.05, 0.1) is 0 Å². The minimum Gasteiger partial charge on any atom is -0.326 e. The van der Waals surface area contributed by atoms with E-state index in [-0.39, 0.29) is 17.7 Å². The van der Waals surface area contributed by atoms with Crippen molar-refractivity contribution in [2.24, 2.45) is 17.8 Å². The van der Waals surface area contributed by atoms with Crippen molar-refractivity contribution >= 4 is 23.2 Å². The highest BCUT2D eigenvalue weighted by atomic mass is 16.2. The molecule has 2 amide bonds. The van der Waals surface area contributed by atoms with Crippen LogP contribution >= 0.6 is 0 Å². The Morgan fingerprint density at radius 1 is 1.12 bits per heavy atom. The first-order valence-corrected chi connectivity index (χ1v) is 8.87. The lowest BCUT2D eigenvalue weighted by molar-refractivity contribution is -0.119. The van der Waals surface area contributed by atoms with Crippen LogP contribution in [0, 0.1) is 17.8 Å². The molecule has 1 saturated heterocycles. The maximum Gasteiger partial charge on any atom is 0.226 e. The van der Waals surface area contributed by atoms with Crippen molar-refractivity contribution in [2.75, 3.05) is 23.7 Å². The van der Waals surface area contributed by atoms with Crippen molar-refractivity contribution in [3.8, 4) is 0 Å². The molecule has 0 radical (unpaired) electrons. The normalized spacial score (nSPS) is 18.9. The molecule has 1 fully saturated rings. The van der Waals surface area contributed by atoms with Crippen LogP contribution in [0.5, 0.6) is 0 Å². The SMILES string of the molecule is CC(C)C(=O)Nc1ccc(NC(=O)CC(C)C2CCCNC2)cc1. The average molecular weight is 331 g/mol. The molecule has 0 bridgehead atoms. The summed E-state index contributed by atoms with van der Waals surface area (Å²) in [6.07, 6.45) is 2.93. The number of hydrogen-bond acceptors (Lipinski definition) is 3. The zero-order valence-corrected chi connectivity index (χ0v) is 14.9. The van der Waals surface area contributed by atoms with Crippen LogP contribution in [-0.4, -0.2) is 24.9 Å². The van der Waals surface area contributed by atoms with E-state index in [0.29, 0.717) is 18.3 Å². The van der Waals surface area contributed by atoms with Gasteiger partial charge < -0.3 is 16.0 Å². The van der Waals surface area contributed by atoms with Gasteiger partial charge in [-0.3, -0.25) is 9.59 Å². The molecule has 1 aromatic rings. The second-order valence-electron chi connectivity index (χ2n) is 7.06. The van der Waals surface area contributed by atoms with E-state index in [1.807, 2.05) is 38.1 Å².